The number of fused-ring (bicyclic) bond motifs is 2. The molecule has 27 heavy (non-hydrogen) atoms. The zero-order chi connectivity index (χ0) is 19.4. The van der Waals surface area contributed by atoms with Gasteiger partial charge in [-0.2, -0.15) is 0 Å². The number of aromatic nitrogens is 3. The molecule has 0 radical (unpaired) electrons. The number of hydrogen-bond donors (Lipinski definition) is 2. The molecule has 0 aliphatic heterocycles. The highest BCUT2D eigenvalue weighted by Crippen LogP contribution is 2.28. The van der Waals surface area contributed by atoms with E-state index >= 15 is 0 Å². The van der Waals surface area contributed by atoms with Crippen molar-refractivity contribution in [1.82, 2.24) is 19.9 Å². The van der Waals surface area contributed by atoms with Gasteiger partial charge in [0.1, 0.15) is 16.9 Å². The summed E-state index contributed by atoms with van der Waals surface area (Å²) < 4.78 is 1.95. The number of para-hydroxylation sites is 2. The first-order chi connectivity index (χ1) is 13.0. The van der Waals surface area contributed by atoms with Crippen LogP contribution in [0.4, 0.5) is 5.82 Å². The number of carbonyl (C=O) groups excluding carboxylic acids is 1. The Balaban J connectivity index is 2.06. The van der Waals surface area contributed by atoms with Crippen molar-refractivity contribution in [2.24, 2.45) is 5.92 Å². The van der Waals surface area contributed by atoms with Crippen LogP contribution < -0.4 is 11.1 Å². The highest BCUT2D eigenvalue weighted by molar-refractivity contribution is 6.10. The lowest BCUT2D eigenvalue weighted by Crippen LogP contribution is -2.26. The lowest BCUT2D eigenvalue weighted by molar-refractivity contribution is 0.0954. The van der Waals surface area contributed by atoms with Crippen LogP contribution in [0.3, 0.4) is 0 Å². The minimum Gasteiger partial charge on any atom is -0.384 e. The van der Waals surface area contributed by atoms with Gasteiger partial charge in [-0.25, -0.2) is 9.97 Å². The molecule has 1 aromatic carbocycles. The summed E-state index contributed by atoms with van der Waals surface area (Å²) in [5.74, 6) is 0.817. The molecule has 1 amide bonds. The van der Waals surface area contributed by atoms with Gasteiger partial charge in [-0.05, 0) is 30.9 Å². The van der Waals surface area contributed by atoms with Crippen LogP contribution in [0.25, 0.3) is 22.2 Å². The molecule has 0 fully saturated rings. The van der Waals surface area contributed by atoms with E-state index in [4.69, 9.17) is 15.7 Å². The SMILES string of the molecule is CCCCCn1c(N)c(C(=O)NCCC(C)C)c2nc3ccccc3nc21. The van der Waals surface area contributed by atoms with Crippen LogP contribution in [0.2, 0.25) is 0 Å². The van der Waals surface area contributed by atoms with Crippen LogP contribution in [0.15, 0.2) is 24.3 Å². The molecule has 6 nitrogen and oxygen atoms in total. The first kappa shape index (κ1) is 19.1. The lowest BCUT2D eigenvalue weighted by atomic mass is 10.1. The van der Waals surface area contributed by atoms with E-state index in [1.807, 2.05) is 28.8 Å². The smallest absolute Gasteiger partial charge is 0.257 e. The average Bonchev–Trinajstić information content (AvgIpc) is 2.90. The minimum atomic E-state index is -0.169. The standard InChI is InChI=1S/C21H29N5O/c1-4-5-8-13-26-19(22)17(21(27)23-12-11-14(2)3)18-20(26)25-16-10-7-6-9-15(16)24-18/h6-7,9-10,14H,4-5,8,11-13,22H2,1-3H3,(H,23,27). The van der Waals surface area contributed by atoms with Gasteiger partial charge in [0.25, 0.3) is 5.91 Å². The molecule has 0 aliphatic rings. The van der Waals surface area contributed by atoms with Crippen LogP contribution in [-0.2, 0) is 6.54 Å². The Morgan fingerprint density at radius 1 is 1.19 bits per heavy atom. The van der Waals surface area contributed by atoms with Crippen molar-refractivity contribution >= 4 is 33.9 Å². The predicted octanol–water partition coefficient (Wildman–Crippen LogP) is 4.13. The third-order valence-corrected chi connectivity index (χ3v) is 4.81. The topological polar surface area (TPSA) is 85.8 Å². The summed E-state index contributed by atoms with van der Waals surface area (Å²) >= 11 is 0. The number of nitrogen functional groups attached to an aromatic ring is 1. The summed E-state index contributed by atoms with van der Waals surface area (Å²) in [6, 6.07) is 7.71. The molecule has 6 heteroatoms. The summed E-state index contributed by atoms with van der Waals surface area (Å²) in [4.78, 5) is 22.4. The third-order valence-electron chi connectivity index (χ3n) is 4.81. The Morgan fingerprint density at radius 3 is 2.56 bits per heavy atom. The maximum absolute atomic E-state index is 12.9. The molecule has 0 aliphatic carbocycles. The molecular weight excluding hydrogens is 338 g/mol. The van der Waals surface area contributed by atoms with Crippen molar-refractivity contribution in [3.63, 3.8) is 0 Å². The fraction of sp³-hybridized carbons (Fsp3) is 0.476. The quantitative estimate of drug-likeness (QED) is 0.586. The Morgan fingerprint density at radius 2 is 1.89 bits per heavy atom. The molecule has 0 atom stereocenters. The van der Waals surface area contributed by atoms with Crippen molar-refractivity contribution in [3.05, 3.63) is 29.8 Å². The monoisotopic (exact) mass is 367 g/mol. The third kappa shape index (κ3) is 4.04. The highest BCUT2D eigenvalue weighted by atomic mass is 16.1. The van der Waals surface area contributed by atoms with Crippen molar-refractivity contribution in [3.8, 4) is 0 Å². The van der Waals surface area contributed by atoms with Crippen LogP contribution >= 0.6 is 0 Å². The molecule has 0 saturated carbocycles. The molecule has 3 rings (SSSR count). The number of benzene rings is 1. The maximum Gasteiger partial charge on any atom is 0.257 e. The van der Waals surface area contributed by atoms with E-state index in [1.165, 1.54) is 0 Å². The number of aryl methyl sites for hydroxylation is 1. The molecule has 144 valence electrons. The minimum absolute atomic E-state index is 0.169. The zero-order valence-electron chi connectivity index (χ0n) is 16.5. The first-order valence-electron chi connectivity index (χ1n) is 9.85. The van der Waals surface area contributed by atoms with Gasteiger partial charge in [-0.3, -0.25) is 4.79 Å². The fourth-order valence-electron chi connectivity index (χ4n) is 3.25. The molecule has 0 bridgehead atoms. The van der Waals surface area contributed by atoms with Crippen LogP contribution in [0.5, 0.6) is 0 Å². The average molecular weight is 367 g/mol. The van der Waals surface area contributed by atoms with E-state index in [2.05, 4.69) is 26.1 Å². The van der Waals surface area contributed by atoms with Gasteiger partial charge < -0.3 is 15.6 Å². The molecule has 3 aromatic rings. The molecule has 2 aromatic heterocycles. The van der Waals surface area contributed by atoms with E-state index in [0.29, 0.717) is 35.0 Å². The van der Waals surface area contributed by atoms with Gasteiger partial charge in [-0.1, -0.05) is 45.7 Å². The van der Waals surface area contributed by atoms with Crippen molar-refractivity contribution in [2.75, 3.05) is 12.3 Å². The Bertz CT molecular complexity index is 945. The Kier molecular flexibility index (Phi) is 5.94. The molecule has 2 heterocycles. The van der Waals surface area contributed by atoms with E-state index in [1.54, 1.807) is 0 Å². The molecule has 0 spiro atoms. The van der Waals surface area contributed by atoms with Gasteiger partial charge in [0.2, 0.25) is 0 Å². The second kappa shape index (κ2) is 8.37. The van der Waals surface area contributed by atoms with Gasteiger partial charge in [-0.15, -0.1) is 0 Å². The number of unbranched alkanes of at least 4 members (excludes halogenated alkanes) is 2. The van der Waals surface area contributed by atoms with Crippen molar-refractivity contribution < 1.29 is 4.79 Å². The second-order valence-electron chi connectivity index (χ2n) is 7.44. The van der Waals surface area contributed by atoms with Gasteiger partial charge in [0, 0.05) is 13.1 Å². The first-order valence-corrected chi connectivity index (χ1v) is 9.85. The maximum atomic E-state index is 12.9. The van der Waals surface area contributed by atoms with E-state index in [9.17, 15) is 4.79 Å². The van der Waals surface area contributed by atoms with Gasteiger partial charge in [0.05, 0.1) is 11.0 Å². The number of carbonyl (C=O) groups is 1. The number of rotatable bonds is 8. The molecule has 0 saturated heterocycles. The number of anilines is 1. The largest absolute Gasteiger partial charge is 0.384 e. The van der Waals surface area contributed by atoms with E-state index in [0.717, 1.165) is 43.3 Å². The summed E-state index contributed by atoms with van der Waals surface area (Å²) in [7, 11) is 0. The van der Waals surface area contributed by atoms with E-state index in [-0.39, 0.29) is 5.91 Å². The second-order valence-corrected chi connectivity index (χ2v) is 7.44. The highest BCUT2D eigenvalue weighted by Gasteiger charge is 2.23. The number of nitrogens with one attached hydrogen (secondary N) is 1. The molecular formula is C21H29N5O. The number of nitrogens with zero attached hydrogens (tertiary/aromatic N) is 3. The predicted molar refractivity (Wildman–Crippen MR) is 111 cm³/mol. The fourth-order valence-corrected chi connectivity index (χ4v) is 3.25. The van der Waals surface area contributed by atoms with Crippen molar-refractivity contribution in [2.45, 2.75) is 53.0 Å². The number of amides is 1. The van der Waals surface area contributed by atoms with Crippen LogP contribution in [0, 0.1) is 5.92 Å². The van der Waals surface area contributed by atoms with Crippen LogP contribution in [0.1, 0.15) is 56.8 Å². The summed E-state index contributed by atoms with van der Waals surface area (Å²) in [6.45, 7) is 7.80. The van der Waals surface area contributed by atoms with Crippen LogP contribution in [-0.4, -0.2) is 27.0 Å². The Hall–Kier alpha value is -2.63. The summed E-state index contributed by atoms with van der Waals surface area (Å²) in [6.07, 6.45) is 4.15. The van der Waals surface area contributed by atoms with Crippen molar-refractivity contribution in [1.29, 1.82) is 0 Å². The zero-order valence-corrected chi connectivity index (χ0v) is 16.5. The molecule has 3 N–H and O–H groups in total. The number of nitrogens with two attached hydrogens (primary N) is 1. The van der Waals surface area contributed by atoms with Gasteiger partial charge in [0.15, 0.2) is 5.65 Å². The molecule has 0 unspecified atom stereocenters. The Labute approximate surface area is 160 Å². The van der Waals surface area contributed by atoms with E-state index < -0.39 is 0 Å². The van der Waals surface area contributed by atoms with Gasteiger partial charge >= 0.3 is 0 Å². The summed E-state index contributed by atoms with van der Waals surface area (Å²) in [5.41, 5.74) is 9.72. The number of hydrogen-bond acceptors (Lipinski definition) is 4. The lowest BCUT2D eigenvalue weighted by Gasteiger charge is -2.08. The normalized spacial score (nSPS) is 11.6. The summed E-state index contributed by atoms with van der Waals surface area (Å²) in [5, 5.41) is 2.99.